The molecule has 0 aliphatic heterocycles. The van der Waals surface area contributed by atoms with Crippen LogP contribution in [0.5, 0.6) is 0 Å². The van der Waals surface area contributed by atoms with Crippen LogP contribution in [-0.4, -0.2) is 6.54 Å². The van der Waals surface area contributed by atoms with Crippen LogP contribution in [0.15, 0.2) is 12.2 Å². The van der Waals surface area contributed by atoms with Crippen LogP contribution < -0.4 is 5.73 Å². The summed E-state index contributed by atoms with van der Waals surface area (Å²) >= 11 is 0. The highest BCUT2D eigenvalue weighted by molar-refractivity contribution is 5.85. The number of nitrogens with two attached hydrogens (primary N) is 1. The van der Waals surface area contributed by atoms with Gasteiger partial charge in [0, 0.05) is 6.54 Å². The molecule has 0 unspecified atom stereocenters. The van der Waals surface area contributed by atoms with E-state index in [0.29, 0.717) is 12.0 Å². The van der Waals surface area contributed by atoms with Gasteiger partial charge >= 0.3 is 0 Å². The molecule has 56 valence electrons. The van der Waals surface area contributed by atoms with Gasteiger partial charge in [-0.2, -0.15) is 0 Å². The highest BCUT2D eigenvalue weighted by Gasteiger charge is 2.01. The monoisotopic (exact) mass is 149 g/mol. The van der Waals surface area contributed by atoms with Gasteiger partial charge in [0.1, 0.15) is 0 Å². The van der Waals surface area contributed by atoms with Crippen molar-refractivity contribution in [3.05, 3.63) is 12.2 Å². The molecule has 0 rings (SSSR count). The Morgan fingerprint density at radius 2 is 1.78 bits per heavy atom. The first kappa shape index (κ1) is 11.7. The van der Waals surface area contributed by atoms with E-state index in [4.69, 9.17) is 5.73 Å². The zero-order chi connectivity index (χ0) is 6.62. The van der Waals surface area contributed by atoms with Crippen molar-refractivity contribution in [1.82, 2.24) is 0 Å². The average molecular weight is 150 g/mol. The highest BCUT2D eigenvalue weighted by Crippen LogP contribution is 2.13. The minimum absolute atomic E-state index is 0. The van der Waals surface area contributed by atoms with Gasteiger partial charge in [-0.25, -0.2) is 0 Å². The van der Waals surface area contributed by atoms with E-state index in [1.807, 2.05) is 6.08 Å². The van der Waals surface area contributed by atoms with Gasteiger partial charge in [-0.05, 0) is 5.41 Å². The van der Waals surface area contributed by atoms with E-state index in [-0.39, 0.29) is 12.4 Å². The van der Waals surface area contributed by atoms with Gasteiger partial charge in [0.05, 0.1) is 0 Å². The van der Waals surface area contributed by atoms with Crippen molar-refractivity contribution < 1.29 is 0 Å². The summed E-state index contributed by atoms with van der Waals surface area (Å²) in [5.41, 5.74) is 5.54. The van der Waals surface area contributed by atoms with Gasteiger partial charge in [0.15, 0.2) is 0 Å². The fraction of sp³-hybridized carbons (Fsp3) is 0.714. The van der Waals surface area contributed by atoms with Gasteiger partial charge in [-0.1, -0.05) is 32.9 Å². The van der Waals surface area contributed by atoms with Crippen molar-refractivity contribution >= 4 is 12.4 Å². The lowest BCUT2D eigenvalue weighted by Crippen LogP contribution is -2.01. The molecule has 2 N–H and O–H groups in total. The Balaban J connectivity index is 0. The van der Waals surface area contributed by atoms with E-state index in [0.717, 1.165) is 0 Å². The molecule has 0 saturated heterocycles. The molecule has 9 heavy (non-hydrogen) atoms. The minimum atomic E-state index is 0. The maximum atomic E-state index is 5.25. The Morgan fingerprint density at radius 3 is 1.89 bits per heavy atom. The van der Waals surface area contributed by atoms with Gasteiger partial charge in [0.25, 0.3) is 0 Å². The van der Waals surface area contributed by atoms with Crippen molar-refractivity contribution in [2.75, 3.05) is 6.54 Å². The first-order valence-electron chi connectivity index (χ1n) is 2.94. The Bertz CT molecular complexity index is 81.4. The van der Waals surface area contributed by atoms with E-state index in [1.165, 1.54) is 0 Å². The molecule has 0 spiro atoms. The average Bonchev–Trinajstić information content (AvgIpc) is 1.59. The largest absolute Gasteiger partial charge is 0.327 e. The Morgan fingerprint density at radius 1 is 1.33 bits per heavy atom. The van der Waals surface area contributed by atoms with Crippen LogP contribution in [0.3, 0.4) is 0 Å². The number of hydrogen-bond acceptors (Lipinski definition) is 1. The van der Waals surface area contributed by atoms with Crippen LogP contribution in [0.4, 0.5) is 0 Å². The lowest BCUT2D eigenvalue weighted by molar-refractivity contribution is 0.543. The van der Waals surface area contributed by atoms with Crippen molar-refractivity contribution in [1.29, 1.82) is 0 Å². The second-order valence-corrected chi connectivity index (χ2v) is 3.00. The van der Waals surface area contributed by atoms with Crippen LogP contribution in [0.2, 0.25) is 0 Å². The maximum Gasteiger partial charge on any atom is 0.0107 e. The first-order chi connectivity index (χ1) is 3.56. The molecule has 0 amide bonds. The van der Waals surface area contributed by atoms with Gasteiger partial charge < -0.3 is 5.73 Å². The van der Waals surface area contributed by atoms with E-state index < -0.39 is 0 Å². The maximum absolute atomic E-state index is 5.25. The summed E-state index contributed by atoms with van der Waals surface area (Å²) < 4.78 is 0. The van der Waals surface area contributed by atoms with Gasteiger partial charge in [-0.3, -0.25) is 0 Å². The molecular weight excluding hydrogens is 134 g/mol. The molecule has 2 heteroatoms. The Hall–Kier alpha value is -0.0100. The zero-order valence-electron chi connectivity index (χ0n) is 6.35. The minimum Gasteiger partial charge on any atom is -0.327 e. The topological polar surface area (TPSA) is 26.0 Å². The van der Waals surface area contributed by atoms with E-state index >= 15 is 0 Å². The summed E-state index contributed by atoms with van der Waals surface area (Å²) in [6, 6.07) is 0. The van der Waals surface area contributed by atoms with Crippen molar-refractivity contribution in [2.24, 2.45) is 11.1 Å². The number of halogens is 1. The predicted molar refractivity (Wildman–Crippen MR) is 44.9 cm³/mol. The van der Waals surface area contributed by atoms with Crippen LogP contribution >= 0.6 is 12.4 Å². The third-order valence-corrected chi connectivity index (χ3v) is 0.754. The van der Waals surface area contributed by atoms with Crippen LogP contribution in [0.25, 0.3) is 0 Å². The van der Waals surface area contributed by atoms with Crippen LogP contribution in [0.1, 0.15) is 20.8 Å². The Labute approximate surface area is 63.7 Å². The summed E-state index contributed by atoms with van der Waals surface area (Å²) in [5, 5.41) is 0. The molecule has 1 nitrogen and oxygen atoms in total. The molecule has 0 radical (unpaired) electrons. The zero-order valence-corrected chi connectivity index (χ0v) is 7.16. The Kier molecular flexibility index (Phi) is 6.30. The lowest BCUT2D eigenvalue weighted by Gasteiger charge is -2.10. The van der Waals surface area contributed by atoms with E-state index in [9.17, 15) is 0 Å². The highest BCUT2D eigenvalue weighted by atomic mass is 35.5. The molecule has 0 saturated carbocycles. The second kappa shape index (κ2) is 4.83. The van der Waals surface area contributed by atoms with Crippen molar-refractivity contribution in [2.45, 2.75) is 20.8 Å². The predicted octanol–water partition coefficient (Wildman–Crippen LogP) is 1.97. The molecule has 0 aromatic carbocycles. The number of hydrogen-bond donors (Lipinski definition) is 1. The van der Waals surface area contributed by atoms with E-state index in [1.54, 1.807) is 0 Å². The van der Waals surface area contributed by atoms with Gasteiger partial charge in [0.2, 0.25) is 0 Å². The number of allylic oxidation sites excluding steroid dienone is 1. The summed E-state index contributed by atoms with van der Waals surface area (Å²) in [7, 11) is 0. The third kappa shape index (κ3) is 11.5. The normalized spacial score (nSPS) is 11.6. The van der Waals surface area contributed by atoms with E-state index in [2.05, 4.69) is 26.8 Å². The molecule has 0 aromatic rings. The SMILES string of the molecule is CC(C)(C)C=CCN.Cl. The number of rotatable bonds is 1. The molecule has 0 aromatic heterocycles. The fourth-order valence-electron chi connectivity index (χ4n) is 0.422. The quantitative estimate of drug-likeness (QED) is 0.567. The summed E-state index contributed by atoms with van der Waals surface area (Å²) in [6.07, 6.45) is 4.10. The summed E-state index contributed by atoms with van der Waals surface area (Å²) in [4.78, 5) is 0. The first-order valence-corrected chi connectivity index (χ1v) is 2.94. The van der Waals surface area contributed by atoms with Crippen LogP contribution in [-0.2, 0) is 0 Å². The fourth-order valence-corrected chi connectivity index (χ4v) is 0.422. The molecule has 0 aliphatic rings. The summed E-state index contributed by atoms with van der Waals surface area (Å²) in [6.45, 7) is 7.11. The second-order valence-electron chi connectivity index (χ2n) is 3.00. The van der Waals surface area contributed by atoms with Crippen molar-refractivity contribution in [3.63, 3.8) is 0 Å². The van der Waals surface area contributed by atoms with Gasteiger partial charge in [-0.15, -0.1) is 12.4 Å². The molecule has 0 atom stereocenters. The third-order valence-electron chi connectivity index (χ3n) is 0.754. The van der Waals surface area contributed by atoms with Crippen LogP contribution in [0, 0.1) is 5.41 Å². The summed E-state index contributed by atoms with van der Waals surface area (Å²) in [5.74, 6) is 0. The molecule has 0 aliphatic carbocycles. The molecular formula is C7H16ClN. The van der Waals surface area contributed by atoms with Crippen molar-refractivity contribution in [3.8, 4) is 0 Å². The lowest BCUT2D eigenvalue weighted by atomic mass is 9.96. The molecule has 0 heterocycles. The molecule has 0 fully saturated rings. The smallest absolute Gasteiger partial charge is 0.0107 e. The standard InChI is InChI=1S/C7H15N.ClH/c1-7(2,3)5-4-6-8;/h4-5H,6,8H2,1-3H3;1H. The molecule has 0 bridgehead atoms.